The molecule has 0 radical (unpaired) electrons. The molecule has 1 saturated heterocycles. The molecule has 19 heteroatoms. The molecule has 6 rings (SSSR count). The van der Waals surface area contributed by atoms with Gasteiger partial charge in [-0.25, -0.2) is 9.78 Å². The molecule has 4 amide bonds. The first-order chi connectivity index (χ1) is 29.7. The zero-order valence-electron chi connectivity index (χ0n) is 34.9. The van der Waals surface area contributed by atoms with Crippen LogP contribution in [0.3, 0.4) is 0 Å². The van der Waals surface area contributed by atoms with Gasteiger partial charge in [-0.1, -0.05) is 45.0 Å². The quantitative estimate of drug-likeness (QED) is 0.0514. The van der Waals surface area contributed by atoms with E-state index in [-0.39, 0.29) is 23.0 Å². The maximum absolute atomic E-state index is 13.6. The summed E-state index contributed by atoms with van der Waals surface area (Å²) < 4.78 is 33.8. The van der Waals surface area contributed by atoms with E-state index in [2.05, 4.69) is 41.0 Å². The van der Waals surface area contributed by atoms with Gasteiger partial charge in [0.25, 0.3) is 11.8 Å². The number of carbonyl (C=O) groups excluding carboxylic acids is 3. The fraction of sp³-hybridized carbons (Fsp3) is 0.302. The van der Waals surface area contributed by atoms with E-state index in [1.807, 2.05) is 45.0 Å². The molecule has 1 aliphatic rings. The van der Waals surface area contributed by atoms with Crippen LogP contribution in [0, 0.1) is 0 Å². The highest BCUT2D eigenvalue weighted by Crippen LogP contribution is 2.40. The number of urea groups is 1. The van der Waals surface area contributed by atoms with Crippen molar-refractivity contribution in [3.8, 4) is 23.0 Å². The van der Waals surface area contributed by atoms with Crippen molar-refractivity contribution in [3.63, 3.8) is 0 Å². The van der Waals surface area contributed by atoms with Gasteiger partial charge >= 0.3 is 14.6 Å². The van der Waals surface area contributed by atoms with Gasteiger partial charge in [0.15, 0.2) is 5.75 Å². The number of hydrogen-bond acceptors (Lipinski definition) is 13. The third-order valence-electron chi connectivity index (χ3n) is 9.79. The van der Waals surface area contributed by atoms with Crippen LogP contribution in [0.5, 0.6) is 23.0 Å². The van der Waals surface area contributed by atoms with Crippen LogP contribution >= 0.6 is 8.60 Å². The van der Waals surface area contributed by atoms with Gasteiger partial charge in [0.1, 0.15) is 29.7 Å². The Morgan fingerprint density at radius 2 is 1.55 bits per heavy atom. The predicted molar refractivity (Wildman–Crippen MR) is 241 cm³/mol. The average molecular weight is 888 g/mol. The second kappa shape index (κ2) is 20.8. The monoisotopic (exact) mass is 887 g/mol. The normalized spacial score (nSPS) is 13.4. The fourth-order valence-electron chi connectivity index (χ4n) is 6.61. The van der Waals surface area contributed by atoms with Crippen LogP contribution in [0.2, 0.25) is 0 Å². The Morgan fingerprint density at radius 1 is 0.839 bits per heavy atom. The number of amides is 4. The van der Waals surface area contributed by atoms with E-state index in [0.717, 1.165) is 24.0 Å². The number of rotatable bonds is 16. The highest BCUT2D eigenvalue weighted by Gasteiger charge is 2.23. The van der Waals surface area contributed by atoms with E-state index < -0.39 is 43.4 Å². The minimum atomic E-state index is -2.72. The lowest BCUT2D eigenvalue weighted by molar-refractivity contribution is -0.118. The van der Waals surface area contributed by atoms with E-state index in [4.69, 9.17) is 24.0 Å². The summed E-state index contributed by atoms with van der Waals surface area (Å²) in [5, 5.41) is 16.1. The summed E-state index contributed by atoms with van der Waals surface area (Å²) in [6.07, 6.45) is 1.60. The number of pyridine rings is 1. The number of anilines is 5. The van der Waals surface area contributed by atoms with Gasteiger partial charge in [0.05, 0.1) is 36.8 Å². The minimum Gasteiger partial charge on any atom is -0.496 e. The number of nitrogens with zero attached hydrogens (tertiary/aromatic N) is 2. The molecule has 17 nitrogen and oxygen atoms in total. The third-order valence-corrected chi connectivity index (χ3v) is 11.4. The molecule has 0 unspecified atom stereocenters. The summed E-state index contributed by atoms with van der Waals surface area (Å²) in [5.41, 5.74) is 2.45. The highest BCUT2D eigenvalue weighted by molar-refractivity contribution is 7.85. The maximum atomic E-state index is 13.6. The first kappa shape index (κ1) is 45.6. The molecule has 0 aliphatic carbocycles. The van der Waals surface area contributed by atoms with E-state index in [0.29, 0.717) is 70.0 Å². The van der Waals surface area contributed by atoms with Crippen molar-refractivity contribution in [1.29, 1.82) is 0 Å². The Labute approximate surface area is 363 Å². The molecule has 328 valence electrons. The molecular formula is C43H50N7O10PS. The van der Waals surface area contributed by atoms with E-state index >= 15 is 0 Å². The summed E-state index contributed by atoms with van der Waals surface area (Å²) >= 11 is 0. The average Bonchev–Trinajstić information content (AvgIpc) is 3.24. The second-order valence-corrected chi connectivity index (χ2v) is 17.6. The zero-order chi connectivity index (χ0) is 44.4. The van der Waals surface area contributed by atoms with Crippen LogP contribution in [0.15, 0.2) is 85.1 Å². The molecule has 4 aromatic carbocycles. The van der Waals surface area contributed by atoms with Gasteiger partial charge < -0.3 is 55.1 Å². The van der Waals surface area contributed by atoms with Crippen molar-refractivity contribution in [2.45, 2.75) is 26.2 Å². The number of nitrogens with one attached hydrogen (secondary N) is 5. The topological polar surface area (TPSA) is 222 Å². The number of aromatic nitrogens is 1. The number of methoxy groups -OCH3 is 2. The lowest BCUT2D eigenvalue weighted by atomic mass is 9.86. The first-order valence-electron chi connectivity index (χ1n) is 19.6. The van der Waals surface area contributed by atoms with Gasteiger partial charge in [-0.3, -0.25) is 18.7 Å². The van der Waals surface area contributed by atoms with E-state index in [1.165, 1.54) is 14.2 Å². The first-order valence-corrected chi connectivity index (χ1v) is 22.2. The lowest BCUT2D eigenvalue weighted by Gasteiger charge is -2.26. The summed E-state index contributed by atoms with van der Waals surface area (Å²) in [7, 11) is -0.568. The Morgan fingerprint density at radius 3 is 2.24 bits per heavy atom. The van der Waals surface area contributed by atoms with Crippen LogP contribution in [0.25, 0.3) is 10.8 Å². The van der Waals surface area contributed by atoms with Crippen molar-refractivity contribution in [3.05, 3.63) is 96.2 Å². The second-order valence-electron chi connectivity index (χ2n) is 15.1. The lowest BCUT2D eigenvalue weighted by Crippen LogP contribution is -2.42. The van der Waals surface area contributed by atoms with Crippen LogP contribution < -0.4 is 40.8 Å². The Bertz CT molecular complexity index is 2440. The predicted octanol–water partition coefficient (Wildman–Crippen LogP) is 6.69. The molecule has 1 aromatic heterocycles. The summed E-state index contributed by atoms with van der Waals surface area (Å²) in [6, 6.07) is 22.4. The number of fused-ring (bicyclic) bond motifs is 1. The number of hydrogen-bond donors (Lipinski definition) is 7. The zero-order valence-corrected chi connectivity index (χ0v) is 36.7. The SMILES string of the molecule is COc1cc(Nc2cc(Oc3ccc(NC(=O)Nc4cc(C(C)(C)C)cc(NC(=O)COP(O)O)c4OC)c4ccccc34)ccn2)ccc1C(=O)NCCN1CCS(=O)CC1. The van der Waals surface area contributed by atoms with Gasteiger partial charge in [-0.2, -0.15) is 0 Å². The number of carbonyl (C=O) groups is 3. The molecule has 0 saturated carbocycles. The van der Waals surface area contributed by atoms with Crippen LogP contribution in [0.4, 0.5) is 33.4 Å². The fourth-order valence-corrected chi connectivity index (χ4v) is 7.97. The van der Waals surface area contributed by atoms with Crippen LogP contribution in [-0.4, -0.2) is 100 Å². The summed E-state index contributed by atoms with van der Waals surface area (Å²) in [4.78, 5) is 64.0. The minimum absolute atomic E-state index is 0.177. The van der Waals surface area contributed by atoms with Gasteiger partial charge in [0.2, 0.25) is 0 Å². The van der Waals surface area contributed by atoms with Crippen LogP contribution in [-0.2, 0) is 25.5 Å². The summed E-state index contributed by atoms with van der Waals surface area (Å²) in [5.74, 6) is 2.47. The van der Waals surface area contributed by atoms with Gasteiger partial charge in [-0.15, -0.1) is 0 Å². The van der Waals surface area contributed by atoms with Crippen molar-refractivity contribution < 1.29 is 47.1 Å². The van der Waals surface area contributed by atoms with Crippen molar-refractivity contribution >= 4 is 76.6 Å². The smallest absolute Gasteiger partial charge is 0.327 e. The Kier molecular flexibility index (Phi) is 15.3. The van der Waals surface area contributed by atoms with Crippen molar-refractivity contribution in [2.75, 3.05) is 79.8 Å². The Balaban J connectivity index is 1.13. The molecule has 1 fully saturated rings. The number of benzene rings is 4. The van der Waals surface area contributed by atoms with Crippen LogP contribution in [0.1, 0.15) is 36.7 Å². The molecule has 5 aromatic rings. The van der Waals surface area contributed by atoms with Gasteiger partial charge in [-0.05, 0) is 53.4 Å². The molecule has 0 spiro atoms. The molecule has 62 heavy (non-hydrogen) atoms. The summed E-state index contributed by atoms with van der Waals surface area (Å²) in [6.45, 7) is 7.97. The molecule has 0 bridgehead atoms. The largest absolute Gasteiger partial charge is 0.496 e. The number of ether oxygens (including phenoxy) is 3. The standard InChI is InChI=1S/C43H50N7O10PS/c1-43(2,3)27-22-34(47-39(51)26-59-61(54)55)40(58-5)35(23-27)49-42(53)48-33-12-13-36(31-9-7-6-8-30(31)33)60-29-14-15-44-38(25-29)46-28-10-11-32(37(24-28)57-4)41(52)45-16-17-50-18-20-62(56)21-19-50/h6-15,22-25,54-55H,16-21,26H2,1-5H3,(H,44,46)(H,45,52)(H,47,51)(H2,48,49,53). The molecule has 7 N–H and O–H groups in total. The molecule has 2 heterocycles. The van der Waals surface area contributed by atoms with Crippen molar-refractivity contribution in [2.24, 2.45) is 0 Å². The maximum Gasteiger partial charge on any atom is 0.327 e. The molecule has 1 aliphatic heterocycles. The third kappa shape index (κ3) is 12.1. The van der Waals surface area contributed by atoms with Gasteiger partial charge in [0, 0.05) is 83.3 Å². The van der Waals surface area contributed by atoms with Crippen molar-refractivity contribution in [1.82, 2.24) is 15.2 Å². The van der Waals surface area contributed by atoms with E-state index in [1.54, 1.807) is 60.8 Å². The highest BCUT2D eigenvalue weighted by atomic mass is 32.2. The Hall–Kier alpha value is -5.88. The molecule has 0 atom stereocenters. The van der Waals surface area contributed by atoms with E-state index in [9.17, 15) is 18.6 Å². The molecular weight excluding hydrogens is 838 g/mol.